The van der Waals surface area contributed by atoms with Crippen LogP contribution in [0.2, 0.25) is 0 Å². The molecule has 1 amide bonds. The largest absolute Gasteiger partial charge is 0.478 e. The quantitative estimate of drug-likeness (QED) is 0.778. The number of carboxylic acids is 1. The number of carbonyl (C=O) groups excluding carboxylic acids is 1. The summed E-state index contributed by atoms with van der Waals surface area (Å²) < 4.78 is 13.6. The van der Waals surface area contributed by atoms with Gasteiger partial charge >= 0.3 is 5.97 Å². The van der Waals surface area contributed by atoms with Gasteiger partial charge in [0, 0.05) is 6.42 Å². The fraction of sp³-hybridized carbons (Fsp3) is 0.467. The highest BCUT2D eigenvalue weighted by Gasteiger charge is 2.16. The van der Waals surface area contributed by atoms with Crippen molar-refractivity contribution in [1.29, 1.82) is 0 Å². The van der Waals surface area contributed by atoms with Crippen molar-refractivity contribution in [3.8, 4) is 0 Å². The first kappa shape index (κ1) is 15.4. The second kappa shape index (κ2) is 7.17. The van der Waals surface area contributed by atoms with E-state index in [1.54, 1.807) is 0 Å². The molecule has 1 aromatic carbocycles. The number of carbonyl (C=O) groups is 2. The molecule has 1 heterocycles. The lowest BCUT2D eigenvalue weighted by atomic mass is 9.94. The molecule has 2 rings (SSSR count). The van der Waals surface area contributed by atoms with Gasteiger partial charge in [0.25, 0.3) is 0 Å². The number of amides is 1. The molecular formula is C15H19FN2O3. The lowest BCUT2D eigenvalue weighted by molar-refractivity contribution is -0.116. The topological polar surface area (TPSA) is 78.4 Å². The number of piperidine rings is 1. The van der Waals surface area contributed by atoms with Gasteiger partial charge in [0.1, 0.15) is 5.82 Å². The third-order valence-electron chi connectivity index (χ3n) is 3.67. The summed E-state index contributed by atoms with van der Waals surface area (Å²) in [5.74, 6) is -1.60. The van der Waals surface area contributed by atoms with E-state index in [4.69, 9.17) is 5.11 Å². The number of benzene rings is 1. The first-order valence-corrected chi connectivity index (χ1v) is 7.09. The molecule has 114 valence electrons. The summed E-state index contributed by atoms with van der Waals surface area (Å²) in [6.45, 7) is 1.94. The van der Waals surface area contributed by atoms with Crippen LogP contribution < -0.4 is 10.6 Å². The smallest absolute Gasteiger partial charge is 0.335 e. The first-order valence-electron chi connectivity index (χ1n) is 7.09. The Labute approximate surface area is 122 Å². The van der Waals surface area contributed by atoms with Gasteiger partial charge in [-0.1, -0.05) is 0 Å². The Kier molecular flexibility index (Phi) is 5.27. The van der Waals surface area contributed by atoms with Crippen molar-refractivity contribution in [2.24, 2.45) is 5.92 Å². The SMILES string of the molecule is O=C(CCC1CCCNC1)Nc1cc(C(=O)O)ccc1F. The van der Waals surface area contributed by atoms with E-state index in [1.807, 2.05) is 0 Å². The minimum absolute atomic E-state index is 0.0526. The Morgan fingerprint density at radius 2 is 2.24 bits per heavy atom. The average molecular weight is 294 g/mol. The van der Waals surface area contributed by atoms with Gasteiger partial charge in [-0.25, -0.2) is 9.18 Å². The Hall–Kier alpha value is -1.95. The molecular weight excluding hydrogens is 275 g/mol. The van der Waals surface area contributed by atoms with E-state index in [0.29, 0.717) is 12.3 Å². The van der Waals surface area contributed by atoms with Crippen LogP contribution in [-0.4, -0.2) is 30.1 Å². The number of anilines is 1. The maximum absolute atomic E-state index is 13.6. The number of nitrogens with one attached hydrogen (secondary N) is 2. The number of aromatic carboxylic acids is 1. The van der Waals surface area contributed by atoms with Crippen molar-refractivity contribution in [2.75, 3.05) is 18.4 Å². The normalized spacial score (nSPS) is 18.2. The molecule has 5 nitrogen and oxygen atoms in total. The van der Waals surface area contributed by atoms with Crippen LogP contribution in [0.5, 0.6) is 0 Å². The summed E-state index contributed by atoms with van der Waals surface area (Å²) in [7, 11) is 0. The lowest BCUT2D eigenvalue weighted by Crippen LogP contribution is -2.30. The van der Waals surface area contributed by atoms with Gasteiger partial charge in [0.2, 0.25) is 5.91 Å². The van der Waals surface area contributed by atoms with E-state index in [9.17, 15) is 14.0 Å². The van der Waals surface area contributed by atoms with Crippen LogP contribution in [0, 0.1) is 11.7 Å². The van der Waals surface area contributed by atoms with Crippen molar-refractivity contribution in [2.45, 2.75) is 25.7 Å². The van der Waals surface area contributed by atoms with E-state index in [2.05, 4.69) is 10.6 Å². The van der Waals surface area contributed by atoms with E-state index in [1.165, 1.54) is 6.07 Å². The van der Waals surface area contributed by atoms with Crippen molar-refractivity contribution in [1.82, 2.24) is 5.32 Å². The van der Waals surface area contributed by atoms with E-state index < -0.39 is 11.8 Å². The molecule has 1 aliphatic rings. The fourth-order valence-electron chi connectivity index (χ4n) is 2.47. The van der Waals surface area contributed by atoms with Crippen LogP contribution in [0.1, 0.15) is 36.0 Å². The molecule has 0 spiro atoms. The molecule has 3 N–H and O–H groups in total. The molecule has 0 aliphatic carbocycles. The van der Waals surface area contributed by atoms with Gasteiger partial charge in [-0.05, 0) is 56.5 Å². The maximum atomic E-state index is 13.6. The molecule has 1 aromatic rings. The Morgan fingerprint density at radius 1 is 1.43 bits per heavy atom. The maximum Gasteiger partial charge on any atom is 0.335 e. The highest BCUT2D eigenvalue weighted by atomic mass is 19.1. The van der Waals surface area contributed by atoms with Gasteiger partial charge in [0.15, 0.2) is 0 Å². The van der Waals surface area contributed by atoms with Crippen LogP contribution >= 0.6 is 0 Å². The van der Waals surface area contributed by atoms with Crippen LogP contribution in [0.15, 0.2) is 18.2 Å². The predicted molar refractivity (Wildman–Crippen MR) is 76.8 cm³/mol. The molecule has 0 radical (unpaired) electrons. The van der Waals surface area contributed by atoms with Crippen molar-refractivity contribution in [3.63, 3.8) is 0 Å². The minimum atomic E-state index is -1.15. The summed E-state index contributed by atoms with van der Waals surface area (Å²) in [5, 5.41) is 14.6. The third kappa shape index (κ3) is 4.53. The monoisotopic (exact) mass is 294 g/mol. The molecule has 6 heteroatoms. The summed E-state index contributed by atoms with van der Waals surface area (Å²) in [6, 6.07) is 3.35. The van der Waals surface area contributed by atoms with E-state index in [0.717, 1.165) is 44.5 Å². The van der Waals surface area contributed by atoms with Gasteiger partial charge in [-0.2, -0.15) is 0 Å². The van der Waals surface area contributed by atoms with Crippen LogP contribution in [-0.2, 0) is 4.79 Å². The molecule has 1 saturated heterocycles. The molecule has 0 aromatic heterocycles. The number of hydrogen-bond donors (Lipinski definition) is 3. The second-order valence-corrected chi connectivity index (χ2v) is 5.30. The zero-order valence-corrected chi connectivity index (χ0v) is 11.7. The van der Waals surface area contributed by atoms with Crippen LogP contribution in [0.4, 0.5) is 10.1 Å². The standard InChI is InChI=1S/C15H19FN2O3/c16-12-5-4-11(15(20)21)8-13(12)18-14(19)6-3-10-2-1-7-17-9-10/h4-5,8,10,17H,1-3,6-7,9H2,(H,18,19)(H,20,21). The highest BCUT2D eigenvalue weighted by Crippen LogP contribution is 2.19. The van der Waals surface area contributed by atoms with Gasteiger partial charge in [0.05, 0.1) is 11.3 Å². The van der Waals surface area contributed by atoms with Crippen LogP contribution in [0.25, 0.3) is 0 Å². The van der Waals surface area contributed by atoms with Gasteiger partial charge in [-0.3, -0.25) is 4.79 Å². The van der Waals surface area contributed by atoms with Crippen LogP contribution in [0.3, 0.4) is 0 Å². The summed E-state index contributed by atoms with van der Waals surface area (Å²) in [6.07, 6.45) is 3.27. The van der Waals surface area contributed by atoms with E-state index in [-0.39, 0.29) is 17.2 Å². The molecule has 0 saturated carbocycles. The van der Waals surface area contributed by atoms with Crippen molar-refractivity contribution < 1.29 is 19.1 Å². The minimum Gasteiger partial charge on any atom is -0.478 e. The highest BCUT2D eigenvalue weighted by molar-refractivity contribution is 5.94. The number of carboxylic acid groups (broad SMARTS) is 1. The Morgan fingerprint density at radius 3 is 2.90 bits per heavy atom. The second-order valence-electron chi connectivity index (χ2n) is 5.30. The molecule has 0 bridgehead atoms. The van der Waals surface area contributed by atoms with Gasteiger partial charge in [-0.15, -0.1) is 0 Å². The molecule has 1 aliphatic heterocycles. The number of rotatable bonds is 5. The zero-order chi connectivity index (χ0) is 15.2. The predicted octanol–water partition coefficient (Wildman–Crippen LogP) is 2.24. The van der Waals surface area contributed by atoms with Gasteiger partial charge < -0.3 is 15.7 Å². The summed E-state index contributed by atoms with van der Waals surface area (Å²) in [4.78, 5) is 22.7. The average Bonchev–Trinajstić information content (AvgIpc) is 2.48. The Balaban J connectivity index is 1.89. The first-order chi connectivity index (χ1) is 10.1. The summed E-state index contributed by atoms with van der Waals surface area (Å²) >= 11 is 0. The van der Waals surface area contributed by atoms with Crippen molar-refractivity contribution >= 4 is 17.6 Å². The lowest BCUT2D eigenvalue weighted by Gasteiger charge is -2.22. The Bertz CT molecular complexity index is 528. The molecule has 1 unspecified atom stereocenters. The molecule has 21 heavy (non-hydrogen) atoms. The fourth-order valence-corrected chi connectivity index (χ4v) is 2.47. The van der Waals surface area contributed by atoms with Crippen molar-refractivity contribution in [3.05, 3.63) is 29.6 Å². The number of halogens is 1. The van der Waals surface area contributed by atoms with E-state index >= 15 is 0 Å². The molecule has 1 fully saturated rings. The number of hydrogen-bond acceptors (Lipinski definition) is 3. The third-order valence-corrected chi connectivity index (χ3v) is 3.67. The summed E-state index contributed by atoms with van der Waals surface area (Å²) in [5.41, 5.74) is -0.134. The zero-order valence-electron chi connectivity index (χ0n) is 11.7. The molecule has 1 atom stereocenters.